The summed E-state index contributed by atoms with van der Waals surface area (Å²) in [5.74, 6) is -0.574. The fourth-order valence-electron chi connectivity index (χ4n) is 1.57. The Morgan fingerprint density at radius 1 is 1.30 bits per heavy atom. The summed E-state index contributed by atoms with van der Waals surface area (Å²) >= 11 is 5.70. The molecule has 0 saturated heterocycles. The van der Waals surface area contributed by atoms with E-state index in [9.17, 15) is 9.18 Å². The number of nitrogens with one attached hydrogen (secondary N) is 2. The third kappa shape index (κ3) is 3.21. The van der Waals surface area contributed by atoms with Crippen LogP contribution in [0.2, 0.25) is 5.02 Å². The number of aryl methyl sites for hydroxylation is 1. The molecule has 104 valence electrons. The summed E-state index contributed by atoms with van der Waals surface area (Å²) in [5, 5.41) is 5.36. The van der Waals surface area contributed by atoms with E-state index >= 15 is 0 Å². The van der Waals surface area contributed by atoms with Gasteiger partial charge in [0.05, 0.1) is 5.02 Å². The minimum absolute atomic E-state index is 0.00539. The monoisotopic (exact) mass is 294 g/mol. The lowest BCUT2D eigenvalue weighted by Crippen LogP contribution is -2.20. The maximum Gasteiger partial charge on any atom is 0.269 e. The number of nitrogens with zero attached hydrogens (tertiary/aromatic N) is 2. The second-order valence-electron chi connectivity index (χ2n) is 4.05. The zero-order valence-electron chi connectivity index (χ0n) is 10.9. The number of carbonyl (C=O) groups excluding carboxylic acids is 1. The molecular weight excluding hydrogens is 283 g/mol. The van der Waals surface area contributed by atoms with E-state index in [0.717, 1.165) is 0 Å². The van der Waals surface area contributed by atoms with E-state index in [-0.39, 0.29) is 22.6 Å². The number of benzene rings is 1. The van der Waals surface area contributed by atoms with Crippen molar-refractivity contribution in [3.8, 4) is 0 Å². The van der Waals surface area contributed by atoms with E-state index in [0.29, 0.717) is 11.4 Å². The van der Waals surface area contributed by atoms with Gasteiger partial charge in [-0.25, -0.2) is 14.4 Å². The fourth-order valence-corrected chi connectivity index (χ4v) is 1.75. The van der Waals surface area contributed by atoms with Crippen LogP contribution in [0.15, 0.2) is 24.3 Å². The Kier molecular flexibility index (Phi) is 4.14. The van der Waals surface area contributed by atoms with Crippen molar-refractivity contribution in [1.29, 1.82) is 0 Å². The molecule has 1 aromatic carbocycles. The Labute approximate surface area is 120 Å². The number of amides is 1. The molecular formula is C13H12ClFN4O. The van der Waals surface area contributed by atoms with Gasteiger partial charge in [0.1, 0.15) is 11.5 Å². The highest BCUT2D eigenvalue weighted by molar-refractivity contribution is 6.31. The average molecular weight is 295 g/mol. The molecule has 2 N–H and O–H groups in total. The number of anilines is 2. The molecule has 1 amide bonds. The third-order valence-electron chi connectivity index (χ3n) is 2.49. The highest BCUT2D eigenvalue weighted by atomic mass is 35.5. The maximum atomic E-state index is 13.1. The van der Waals surface area contributed by atoms with Gasteiger partial charge in [-0.05, 0) is 31.2 Å². The minimum Gasteiger partial charge on any atom is -0.354 e. The van der Waals surface area contributed by atoms with Crippen LogP contribution in [0.4, 0.5) is 16.0 Å². The first-order valence-electron chi connectivity index (χ1n) is 5.79. The van der Waals surface area contributed by atoms with Crippen LogP contribution in [0.25, 0.3) is 0 Å². The number of rotatable bonds is 3. The summed E-state index contributed by atoms with van der Waals surface area (Å²) in [7, 11) is 1.52. The second-order valence-corrected chi connectivity index (χ2v) is 4.46. The molecule has 0 fully saturated rings. The SMILES string of the molecule is CNC(=O)c1cc(C)nc(Nc2ccc(F)c(Cl)c2)n1. The molecule has 0 bridgehead atoms. The molecule has 5 nitrogen and oxygen atoms in total. The molecule has 0 saturated carbocycles. The Bertz CT molecular complexity index is 663. The highest BCUT2D eigenvalue weighted by Crippen LogP contribution is 2.21. The Hall–Kier alpha value is -2.21. The zero-order chi connectivity index (χ0) is 14.7. The van der Waals surface area contributed by atoms with Crippen LogP contribution in [0.5, 0.6) is 0 Å². The van der Waals surface area contributed by atoms with Gasteiger partial charge in [-0.15, -0.1) is 0 Å². The molecule has 0 aliphatic rings. The van der Waals surface area contributed by atoms with Crippen LogP contribution in [0.3, 0.4) is 0 Å². The summed E-state index contributed by atoms with van der Waals surface area (Å²) in [4.78, 5) is 19.8. The number of hydrogen-bond acceptors (Lipinski definition) is 4. The van der Waals surface area contributed by atoms with Gasteiger partial charge >= 0.3 is 0 Å². The van der Waals surface area contributed by atoms with E-state index in [1.54, 1.807) is 13.0 Å². The van der Waals surface area contributed by atoms with E-state index in [4.69, 9.17) is 11.6 Å². The predicted octanol–water partition coefficient (Wildman–Crippen LogP) is 2.68. The van der Waals surface area contributed by atoms with Gasteiger partial charge in [-0.1, -0.05) is 11.6 Å². The summed E-state index contributed by atoms with van der Waals surface area (Å²) in [5.41, 5.74) is 1.41. The van der Waals surface area contributed by atoms with Gasteiger partial charge in [0.25, 0.3) is 5.91 Å². The largest absolute Gasteiger partial charge is 0.354 e. The molecule has 2 aromatic rings. The minimum atomic E-state index is -0.506. The topological polar surface area (TPSA) is 66.9 Å². The zero-order valence-corrected chi connectivity index (χ0v) is 11.6. The van der Waals surface area contributed by atoms with Gasteiger partial charge < -0.3 is 10.6 Å². The molecule has 0 unspecified atom stereocenters. The van der Waals surface area contributed by atoms with E-state index in [1.165, 1.54) is 25.2 Å². The van der Waals surface area contributed by atoms with Crippen LogP contribution in [-0.2, 0) is 0 Å². The molecule has 2 rings (SSSR count). The molecule has 0 radical (unpaired) electrons. The van der Waals surface area contributed by atoms with E-state index in [2.05, 4.69) is 20.6 Å². The Morgan fingerprint density at radius 2 is 2.05 bits per heavy atom. The first-order chi connectivity index (χ1) is 9.49. The van der Waals surface area contributed by atoms with Crippen molar-refractivity contribution in [3.05, 3.63) is 46.5 Å². The number of aromatic nitrogens is 2. The highest BCUT2D eigenvalue weighted by Gasteiger charge is 2.09. The third-order valence-corrected chi connectivity index (χ3v) is 2.78. The molecule has 0 atom stereocenters. The molecule has 0 aliphatic heterocycles. The summed E-state index contributed by atoms with van der Waals surface area (Å²) in [6.07, 6.45) is 0. The van der Waals surface area contributed by atoms with Gasteiger partial charge in [-0.3, -0.25) is 4.79 Å². The number of halogens is 2. The molecule has 0 spiro atoms. The molecule has 1 heterocycles. The lowest BCUT2D eigenvalue weighted by Gasteiger charge is -2.08. The summed E-state index contributed by atoms with van der Waals surface area (Å²) < 4.78 is 13.1. The molecule has 0 aliphatic carbocycles. The van der Waals surface area contributed by atoms with Crippen molar-refractivity contribution >= 4 is 29.1 Å². The van der Waals surface area contributed by atoms with Crippen molar-refractivity contribution < 1.29 is 9.18 Å². The quantitative estimate of drug-likeness (QED) is 0.913. The Morgan fingerprint density at radius 3 is 2.70 bits per heavy atom. The van der Waals surface area contributed by atoms with Gasteiger partial charge in [0.2, 0.25) is 5.95 Å². The van der Waals surface area contributed by atoms with Gasteiger partial charge in [-0.2, -0.15) is 0 Å². The first-order valence-corrected chi connectivity index (χ1v) is 6.17. The maximum absolute atomic E-state index is 13.1. The van der Waals surface area contributed by atoms with Crippen LogP contribution in [0.1, 0.15) is 16.2 Å². The van der Waals surface area contributed by atoms with Crippen LogP contribution < -0.4 is 10.6 Å². The molecule has 7 heteroatoms. The number of carbonyl (C=O) groups is 1. The average Bonchev–Trinajstić information content (AvgIpc) is 2.41. The van der Waals surface area contributed by atoms with Crippen molar-refractivity contribution in [2.75, 3.05) is 12.4 Å². The van der Waals surface area contributed by atoms with Gasteiger partial charge in [0, 0.05) is 18.4 Å². The standard InChI is InChI=1S/C13H12ClFN4O/c1-7-5-11(12(20)16-2)19-13(17-7)18-8-3-4-10(15)9(14)6-8/h3-6H,1-2H3,(H,16,20)(H,17,18,19). The first kappa shape index (κ1) is 14.2. The lowest BCUT2D eigenvalue weighted by molar-refractivity contribution is 0.0958. The summed E-state index contributed by atoms with van der Waals surface area (Å²) in [6, 6.07) is 5.73. The normalized spacial score (nSPS) is 10.2. The smallest absolute Gasteiger partial charge is 0.269 e. The van der Waals surface area contributed by atoms with Crippen molar-refractivity contribution in [2.45, 2.75) is 6.92 Å². The Balaban J connectivity index is 2.31. The second kappa shape index (κ2) is 5.83. The molecule has 20 heavy (non-hydrogen) atoms. The van der Waals surface area contributed by atoms with Crippen LogP contribution >= 0.6 is 11.6 Å². The van der Waals surface area contributed by atoms with Crippen LogP contribution in [0, 0.1) is 12.7 Å². The van der Waals surface area contributed by atoms with Crippen molar-refractivity contribution in [3.63, 3.8) is 0 Å². The summed E-state index contributed by atoms with van der Waals surface area (Å²) in [6.45, 7) is 1.75. The number of hydrogen-bond donors (Lipinski definition) is 2. The fraction of sp³-hybridized carbons (Fsp3) is 0.154. The lowest BCUT2D eigenvalue weighted by atomic mass is 10.3. The van der Waals surface area contributed by atoms with Crippen molar-refractivity contribution in [1.82, 2.24) is 15.3 Å². The van der Waals surface area contributed by atoms with E-state index in [1.807, 2.05) is 0 Å². The van der Waals surface area contributed by atoms with E-state index < -0.39 is 5.82 Å². The molecule has 1 aromatic heterocycles. The predicted molar refractivity (Wildman–Crippen MR) is 74.9 cm³/mol. The van der Waals surface area contributed by atoms with Crippen LogP contribution in [-0.4, -0.2) is 22.9 Å². The van der Waals surface area contributed by atoms with Crippen molar-refractivity contribution in [2.24, 2.45) is 0 Å². The van der Waals surface area contributed by atoms with Gasteiger partial charge in [0.15, 0.2) is 0 Å².